The lowest BCUT2D eigenvalue weighted by atomic mass is 9.42. The van der Waals surface area contributed by atoms with Gasteiger partial charge in [0.15, 0.2) is 17.5 Å². The van der Waals surface area contributed by atoms with E-state index in [1.807, 2.05) is 18.2 Å². The Morgan fingerprint density at radius 1 is 0.333 bits per heavy atom. The van der Waals surface area contributed by atoms with Crippen LogP contribution in [0.3, 0.4) is 0 Å². The van der Waals surface area contributed by atoms with Gasteiger partial charge >= 0.3 is 0 Å². The van der Waals surface area contributed by atoms with Crippen LogP contribution >= 0.6 is 0 Å². The van der Waals surface area contributed by atoms with Crippen LogP contribution in [0.25, 0.3) is 89.1 Å². The fourth-order valence-corrected chi connectivity index (χ4v) is 12.6. The number of hydrogen-bond donors (Lipinski definition) is 0. The first-order chi connectivity index (χ1) is 29.7. The van der Waals surface area contributed by atoms with E-state index in [0.29, 0.717) is 29.3 Å². The lowest BCUT2D eigenvalue weighted by Gasteiger charge is -2.61. The molecule has 3 heteroatoms. The second-order valence-electron chi connectivity index (χ2n) is 18.0. The van der Waals surface area contributed by atoms with E-state index in [1.54, 1.807) is 11.1 Å². The zero-order valence-corrected chi connectivity index (χ0v) is 33.4. The number of hydrogen-bond acceptors (Lipinski definition) is 3. The van der Waals surface area contributed by atoms with Crippen LogP contribution in [0.5, 0.6) is 0 Å². The minimum Gasteiger partial charge on any atom is -0.208 e. The van der Waals surface area contributed by atoms with Crippen molar-refractivity contribution < 1.29 is 0 Å². The molecule has 1 heterocycles. The third-order valence-electron chi connectivity index (χ3n) is 14.9. The monoisotopic (exact) mass is 769 g/mol. The lowest BCUT2D eigenvalue weighted by molar-refractivity contribution is -0.0391. The Balaban J connectivity index is 0.905. The van der Waals surface area contributed by atoms with Gasteiger partial charge in [0.2, 0.25) is 0 Å². The summed E-state index contributed by atoms with van der Waals surface area (Å²) in [4.78, 5) is 15.2. The van der Waals surface area contributed by atoms with Gasteiger partial charge in [-0.1, -0.05) is 164 Å². The summed E-state index contributed by atoms with van der Waals surface area (Å²) >= 11 is 0. The molecule has 3 nitrogen and oxygen atoms in total. The van der Waals surface area contributed by atoms with Crippen molar-refractivity contribution in [3.05, 3.63) is 187 Å². The predicted octanol–water partition coefficient (Wildman–Crippen LogP) is 14.2. The van der Waals surface area contributed by atoms with Crippen LogP contribution in [-0.2, 0) is 5.41 Å². The third-order valence-corrected chi connectivity index (χ3v) is 14.9. The fraction of sp³-hybridized carbons (Fsp3) is 0.175. The highest BCUT2D eigenvalue weighted by Crippen LogP contribution is 2.71. The SMILES string of the molecule is c1ccc(-c2nc(-c3cccc(-c4ccc(-c5cccc6c5C5(c7c-6ccc6ccccc76)C6CC7CC(C6)CC5C7)cc4)c3)nc(-c3ccc4ccccc4c3)n2)cc1. The molecule has 5 aliphatic carbocycles. The van der Waals surface area contributed by atoms with Gasteiger partial charge in [-0.05, 0) is 134 Å². The van der Waals surface area contributed by atoms with Crippen molar-refractivity contribution in [1.29, 1.82) is 0 Å². The predicted molar refractivity (Wildman–Crippen MR) is 245 cm³/mol. The average Bonchev–Trinajstić information content (AvgIpc) is 3.62. The van der Waals surface area contributed by atoms with Gasteiger partial charge in [0.05, 0.1) is 0 Å². The van der Waals surface area contributed by atoms with Crippen molar-refractivity contribution in [3.8, 4) is 67.5 Å². The molecule has 8 aromatic carbocycles. The Bertz CT molecular complexity index is 3140. The minimum atomic E-state index is 0.0669. The van der Waals surface area contributed by atoms with E-state index in [0.717, 1.165) is 39.5 Å². The fourth-order valence-electron chi connectivity index (χ4n) is 12.6. The van der Waals surface area contributed by atoms with Crippen LogP contribution < -0.4 is 0 Å². The smallest absolute Gasteiger partial charge is 0.164 e. The van der Waals surface area contributed by atoms with Gasteiger partial charge in [-0.2, -0.15) is 0 Å². The second kappa shape index (κ2) is 13.1. The normalized spacial score (nSPS) is 22.1. The molecule has 4 fully saturated rings. The molecular weight excluding hydrogens is 727 g/mol. The van der Waals surface area contributed by atoms with Crippen LogP contribution in [-0.4, -0.2) is 15.0 Å². The summed E-state index contributed by atoms with van der Waals surface area (Å²) in [5, 5.41) is 5.21. The molecule has 60 heavy (non-hydrogen) atoms. The zero-order chi connectivity index (χ0) is 39.4. The Morgan fingerprint density at radius 2 is 0.867 bits per heavy atom. The lowest BCUT2D eigenvalue weighted by Crippen LogP contribution is -2.55. The van der Waals surface area contributed by atoms with Crippen LogP contribution in [0.2, 0.25) is 0 Å². The molecule has 1 spiro atoms. The molecule has 5 aliphatic rings. The molecule has 0 amide bonds. The molecule has 286 valence electrons. The number of benzene rings is 8. The zero-order valence-electron chi connectivity index (χ0n) is 33.4. The maximum absolute atomic E-state index is 5.11. The second-order valence-corrected chi connectivity index (χ2v) is 18.0. The van der Waals surface area contributed by atoms with Crippen molar-refractivity contribution >= 4 is 21.5 Å². The Morgan fingerprint density at radius 3 is 1.63 bits per heavy atom. The van der Waals surface area contributed by atoms with Gasteiger partial charge in [-0.15, -0.1) is 0 Å². The maximum Gasteiger partial charge on any atom is 0.164 e. The molecule has 1 aromatic heterocycles. The number of rotatable bonds is 5. The van der Waals surface area contributed by atoms with Gasteiger partial charge < -0.3 is 0 Å². The first kappa shape index (κ1) is 34.2. The molecule has 9 aromatic rings. The maximum atomic E-state index is 5.11. The van der Waals surface area contributed by atoms with Gasteiger partial charge in [-0.25, -0.2) is 15.0 Å². The summed E-state index contributed by atoms with van der Waals surface area (Å²) in [5.74, 6) is 5.19. The molecule has 0 unspecified atom stereocenters. The first-order valence-electron chi connectivity index (χ1n) is 21.9. The molecule has 14 rings (SSSR count). The van der Waals surface area contributed by atoms with Crippen molar-refractivity contribution in [3.63, 3.8) is 0 Å². The van der Waals surface area contributed by atoms with Crippen LogP contribution in [0.1, 0.15) is 43.2 Å². The minimum absolute atomic E-state index is 0.0669. The van der Waals surface area contributed by atoms with E-state index in [4.69, 9.17) is 15.0 Å². The molecule has 0 aliphatic heterocycles. The number of aromatic nitrogens is 3. The molecule has 0 saturated heterocycles. The topological polar surface area (TPSA) is 38.7 Å². The number of fused-ring (bicyclic) bond motifs is 6. The van der Waals surface area contributed by atoms with Crippen LogP contribution in [0.15, 0.2) is 176 Å². The molecule has 4 bridgehead atoms. The van der Waals surface area contributed by atoms with Gasteiger partial charge in [0.25, 0.3) is 0 Å². The van der Waals surface area contributed by atoms with E-state index < -0.39 is 0 Å². The quantitative estimate of drug-likeness (QED) is 0.175. The standard InChI is InChI=1S/C57H43N3/c1-2-12-41(13-3-1)54-58-55(60-56(59-54)45-25-22-37-10-4-5-14-42(37)34-45)44-16-8-15-43(33-44)38-20-23-40(24-21-38)49-18-9-19-50-51-27-26-39-11-6-7-17-48(39)53(51)57(52(49)50)46-29-35-28-36(31-46)32-47(57)30-35/h1-27,33-36,46-47H,28-32H2. The Hall–Kier alpha value is -6.71. The Kier molecular flexibility index (Phi) is 7.49. The average molecular weight is 770 g/mol. The number of nitrogens with zero attached hydrogens (tertiary/aromatic N) is 3. The summed E-state index contributed by atoms with van der Waals surface area (Å²) in [6, 6.07) is 64.3. The van der Waals surface area contributed by atoms with Gasteiger partial charge in [-0.3, -0.25) is 0 Å². The summed E-state index contributed by atoms with van der Waals surface area (Å²) in [6.07, 6.45) is 6.94. The largest absolute Gasteiger partial charge is 0.208 e. The van der Waals surface area contributed by atoms with Crippen molar-refractivity contribution in [2.75, 3.05) is 0 Å². The highest BCUT2D eigenvalue weighted by atomic mass is 15.0. The highest BCUT2D eigenvalue weighted by molar-refractivity contribution is 6.00. The van der Waals surface area contributed by atoms with Crippen LogP contribution in [0.4, 0.5) is 0 Å². The molecule has 4 saturated carbocycles. The van der Waals surface area contributed by atoms with E-state index in [2.05, 4.69) is 158 Å². The highest BCUT2D eigenvalue weighted by Gasteiger charge is 2.62. The van der Waals surface area contributed by atoms with E-state index in [1.165, 1.54) is 76.1 Å². The summed E-state index contributed by atoms with van der Waals surface area (Å²) < 4.78 is 0. The molecule has 0 N–H and O–H groups in total. The summed E-state index contributed by atoms with van der Waals surface area (Å²) in [5.41, 5.74) is 14.2. The third kappa shape index (κ3) is 5.11. The van der Waals surface area contributed by atoms with E-state index in [-0.39, 0.29) is 5.41 Å². The van der Waals surface area contributed by atoms with Crippen LogP contribution in [0, 0.1) is 23.7 Å². The Labute approximate surface area is 350 Å². The molecular formula is C57H43N3. The van der Waals surface area contributed by atoms with Crippen molar-refractivity contribution in [2.45, 2.75) is 37.5 Å². The molecule has 0 radical (unpaired) electrons. The first-order valence-corrected chi connectivity index (χ1v) is 21.9. The van der Waals surface area contributed by atoms with Gasteiger partial charge in [0.1, 0.15) is 0 Å². The summed E-state index contributed by atoms with van der Waals surface area (Å²) in [7, 11) is 0. The molecule has 0 atom stereocenters. The van der Waals surface area contributed by atoms with E-state index in [9.17, 15) is 0 Å². The van der Waals surface area contributed by atoms with E-state index >= 15 is 0 Å². The van der Waals surface area contributed by atoms with Gasteiger partial charge in [0, 0.05) is 22.1 Å². The van der Waals surface area contributed by atoms with Crippen molar-refractivity contribution in [1.82, 2.24) is 15.0 Å². The van der Waals surface area contributed by atoms with Crippen molar-refractivity contribution in [2.24, 2.45) is 23.7 Å². The summed E-state index contributed by atoms with van der Waals surface area (Å²) in [6.45, 7) is 0.